The molecule has 1 saturated carbocycles. The summed E-state index contributed by atoms with van der Waals surface area (Å²) in [5.41, 5.74) is 2.53. The third-order valence-corrected chi connectivity index (χ3v) is 5.21. The summed E-state index contributed by atoms with van der Waals surface area (Å²) >= 11 is 0. The van der Waals surface area contributed by atoms with E-state index in [4.69, 9.17) is 0 Å². The van der Waals surface area contributed by atoms with Gasteiger partial charge in [-0.05, 0) is 43.2 Å². The SMILES string of the molecule is O=C(CN1CCN(C(=O)Nc2cccc(C#Cc3ccccc3)c2)CC1)NC1CC1. The molecule has 30 heavy (non-hydrogen) atoms. The van der Waals surface area contributed by atoms with Crippen molar-refractivity contribution in [3.8, 4) is 11.8 Å². The largest absolute Gasteiger partial charge is 0.352 e. The molecule has 6 heteroatoms. The average Bonchev–Trinajstić information content (AvgIpc) is 3.57. The number of carbonyl (C=O) groups excluding carboxylic acids is 2. The third kappa shape index (κ3) is 5.85. The van der Waals surface area contributed by atoms with Crippen LogP contribution >= 0.6 is 0 Å². The van der Waals surface area contributed by atoms with Crippen LogP contribution in [0.25, 0.3) is 0 Å². The lowest BCUT2D eigenvalue weighted by Crippen LogP contribution is -2.52. The number of nitrogens with one attached hydrogen (secondary N) is 2. The smallest absolute Gasteiger partial charge is 0.321 e. The second-order valence-electron chi connectivity index (χ2n) is 7.73. The summed E-state index contributed by atoms with van der Waals surface area (Å²) in [5.74, 6) is 6.35. The van der Waals surface area contributed by atoms with Gasteiger partial charge in [-0.1, -0.05) is 36.1 Å². The molecule has 0 bridgehead atoms. The Bertz CT molecular complexity index is 952. The van der Waals surface area contributed by atoms with Crippen LogP contribution in [0.5, 0.6) is 0 Å². The normalized spacial score (nSPS) is 16.3. The molecule has 2 aromatic carbocycles. The van der Waals surface area contributed by atoms with Gasteiger partial charge < -0.3 is 15.5 Å². The maximum absolute atomic E-state index is 12.6. The number of benzene rings is 2. The molecular weight excluding hydrogens is 376 g/mol. The first-order valence-electron chi connectivity index (χ1n) is 10.4. The Balaban J connectivity index is 1.27. The third-order valence-electron chi connectivity index (χ3n) is 5.21. The highest BCUT2D eigenvalue weighted by Gasteiger charge is 2.26. The van der Waals surface area contributed by atoms with Crippen molar-refractivity contribution in [3.05, 3.63) is 65.7 Å². The van der Waals surface area contributed by atoms with E-state index < -0.39 is 0 Å². The van der Waals surface area contributed by atoms with Crippen molar-refractivity contribution < 1.29 is 9.59 Å². The predicted octanol–water partition coefficient (Wildman–Crippen LogP) is 2.51. The van der Waals surface area contributed by atoms with Crippen molar-refractivity contribution in [1.29, 1.82) is 0 Å². The Morgan fingerprint density at radius 2 is 1.60 bits per heavy atom. The van der Waals surface area contributed by atoms with Crippen LogP contribution in [0.3, 0.4) is 0 Å². The molecular formula is C24H26N4O2. The molecule has 6 nitrogen and oxygen atoms in total. The Labute approximate surface area is 177 Å². The van der Waals surface area contributed by atoms with Gasteiger partial charge in [0.1, 0.15) is 0 Å². The van der Waals surface area contributed by atoms with E-state index in [1.807, 2.05) is 54.6 Å². The summed E-state index contributed by atoms with van der Waals surface area (Å²) in [6, 6.07) is 17.6. The van der Waals surface area contributed by atoms with Crippen LogP contribution in [0.15, 0.2) is 54.6 Å². The summed E-state index contributed by atoms with van der Waals surface area (Å²) in [6.07, 6.45) is 2.19. The second kappa shape index (κ2) is 9.47. The Morgan fingerprint density at radius 1 is 0.900 bits per heavy atom. The summed E-state index contributed by atoms with van der Waals surface area (Å²) < 4.78 is 0. The molecule has 1 heterocycles. The van der Waals surface area contributed by atoms with E-state index in [2.05, 4.69) is 27.4 Å². The number of urea groups is 1. The van der Waals surface area contributed by atoms with Crippen LogP contribution in [-0.2, 0) is 4.79 Å². The minimum Gasteiger partial charge on any atom is -0.352 e. The molecule has 154 valence electrons. The lowest BCUT2D eigenvalue weighted by atomic mass is 10.1. The molecule has 1 saturated heterocycles. The molecule has 0 aromatic heterocycles. The number of hydrogen-bond donors (Lipinski definition) is 2. The second-order valence-corrected chi connectivity index (χ2v) is 7.73. The van der Waals surface area contributed by atoms with Gasteiger partial charge in [0.05, 0.1) is 6.54 Å². The minimum absolute atomic E-state index is 0.0869. The maximum atomic E-state index is 12.6. The molecule has 2 aliphatic rings. The first-order chi connectivity index (χ1) is 14.7. The fourth-order valence-corrected chi connectivity index (χ4v) is 3.36. The number of nitrogens with zero attached hydrogens (tertiary/aromatic N) is 2. The van der Waals surface area contributed by atoms with Gasteiger partial charge in [-0.2, -0.15) is 0 Å². The van der Waals surface area contributed by atoms with Crippen LogP contribution < -0.4 is 10.6 Å². The summed E-state index contributed by atoms with van der Waals surface area (Å²) in [6.45, 7) is 3.03. The number of amides is 3. The van der Waals surface area contributed by atoms with Gasteiger partial charge in [-0.15, -0.1) is 0 Å². The highest BCUT2D eigenvalue weighted by Crippen LogP contribution is 2.18. The molecule has 0 atom stereocenters. The number of hydrogen-bond acceptors (Lipinski definition) is 3. The van der Waals surface area contributed by atoms with Gasteiger partial charge >= 0.3 is 6.03 Å². The van der Waals surface area contributed by atoms with Crippen molar-refractivity contribution in [2.24, 2.45) is 0 Å². The molecule has 2 aromatic rings. The standard InChI is InChI=1S/C24H26N4O2/c29-23(25-21-11-12-21)18-27-13-15-28(16-14-27)24(30)26-22-8-4-7-20(17-22)10-9-19-5-2-1-3-6-19/h1-8,17,21H,11-16,18H2,(H,25,29)(H,26,30). The average molecular weight is 402 g/mol. The number of rotatable bonds is 4. The highest BCUT2D eigenvalue weighted by atomic mass is 16.2. The molecule has 4 rings (SSSR count). The maximum Gasteiger partial charge on any atom is 0.321 e. The van der Waals surface area contributed by atoms with Gasteiger partial charge in [0.2, 0.25) is 5.91 Å². The Morgan fingerprint density at radius 3 is 2.33 bits per heavy atom. The lowest BCUT2D eigenvalue weighted by Gasteiger charge is -2.34. The van der Waals surface area contributed by atoms with Gasteiger partial charge in [0, 0.05) is 49.0 Å². The van der Waals surface area contributed by atoms with E-state index in [1.54, 1.807) is 4.90 Å². The van der Waals surface area contributed by atoms with E-state index in [0.29, 0.717) is 38.8 Å². The minimum atomic E-state index is -0.120. The molecule has 0 unspecified atom stereocenters. The zero-order valence-corrected chi connectivity index (χ0v) is 16.9. The van der Waals surface area contributed by atoms with Crippen LogP contribution in [0, 0.1) is 11.8 Å². The molecule has 0 radical (unpaired) electrons. The molecule has 0 spiro atoms. The van der Waals surface area contributed by atoms with Crippen molar-refractivity contribution >= 4 is 17.6 Å². The van der Waals surface area contributed by atoms with Crippen molar-refractivity contribution in [2.75, 3.05) is 38.0 Å². The first kappa shape index (κ1) is 20.0. The van der Waals surface area contributed by atoms with E-state index in [-0.39, 0.29) is 11.9 Å². The van der Waals surface area contributed by atoms with E-state index in [9.17, 15) is 9.59 Å². The first-order valence-corrected chi connectivity index (χ1v) is 10.4. The zero-order valence-electron chi connectivity index (χ0n) is 16.9. The Hall–Kier alpha value is -3.30. The highest BCUT2D eigenvalue weighted by molar-refractivity contribution is 5.89. The van der Waals surface area contributed by atoms with Crippen LogP contribution in [-0.4, -0.2) is 60.5 Å². The van der Waals surface area contributed by atoms with Gasteiger partial charge in [-0.25, -0.2) is 4.79 Å². The van der Waals surface area contributed by atoms with E-state index in [1.165, 1.54) is 0 Å². The summed E-state index contributed by atoms with van der Waals surface area (Å²) in [5, 5.41) is 5.97. The lowest BCUT2D eigenvalue weighted by molar-refractivity contribution is -0.122. The van der Waals surface area contributed by atoms with E-state index in [0.717, 1.165) is 29.7 Å². The topological polar surface area (TPSA) is 64.7 Å². The van der Waals surface area contributed by atoms with Gasteiger partial charge in [0.15, 0.2) is 0 Å². The van der Waals surface area contributed by atoms with Crippen LogP contribution in [0.1, 0.15) is 24.0 Å². The molecule has 3 amide bonds. The number of anilines is 1. The predicted molar refractivity (Wildman–Crippen MR) is 117 cm³/mol. The number of carbonyl (C=O) groups is 2. The zero-order chi connectivity index (χ0) is 20.8. The molecule has 1 aliphatic heterocycles. The van der Waals surface area contributed by atoms with Crippen molar-refractivity contribution in [1.82, 2.24) is 15.1 Å². The fraction of sp³-hybridized carbons (Fsp3) is 0.333. The monoisotopic (exact) mass is 402 g/mol. The van der Waals surface area contributed by atoms with Crippen LogP contribution in [0.4, 0.5) is 10.5 Å². The number of piperazine rings is 1. The van der Waals surface area contributed by atoms with Crippen molar-refractivity contribution in [3.63, 3.8) is 0 Å². The fourth-order valence-electron chi connectivity index (χ4n) is 3.36. The van der Waals surface area contributed by atoms with Crippen LogP contribution in [0.2, 0.25) is 0 Å². The van der Waals surface area contributed by atoms with E-state index >= 15 is 0 Å². The molecule has 2 N–H and O–H groups in total. The molecule has 1 aliphatic carbocycles. The Kier molecular flexibility index (Phi) is 6.31. The van der Waals surface area contributed by atoms with Crippen molar-refractivity contribution in [2.45, 2.75) is 18.9 Å². The van der Waals surface area contributed by atoms with Gasteiger partial charge in [0.25, 0.3) is 0 Å². The summed E-state index contributed by atoms with van der Waals surface area (Å²) in [4.78, 5) is 28.4. The summed E-state index contributed by atoms with van der Waals surface area (Å²) in [7, 11) is 0. The quantitative estimate of drug-likeness (QED) is 0.773. The molecule has 2 fully saturated rings. The van der Waals surface area contributed by atoms with Gasteiger partial charge in [-0.3, -0.25) is 9.69 Å².